The Kier molecular flexibility index (Phi) is 3.03. The summed E-state index contributed by atoms with van der Waals surface area (Å²) in [5, 5.41) is 0. The molecule has 2 heterocycles. The molecule has 4 nitrogen and oxygen atoms in total. The Morgan fingerprint density at radius 3 is 2.64 bits per heavy atom. The smallest absolute Gasteiger partial charge is 0.320 e. The number of ether oxygens (including phenoxy) is 2. The van der Waals surface area contributed by atoms with Crippen LogP contribution in [0.15, 0.2) is 0 Å². The van der Waals surface area contributed by atoms with Gasteiger partial charge in [0.15, 0.2) is 0 Å². The van der Waals surface area contributed by atoms with Crippen LogP contribution in [0, 0.1) is 0 Å². The first kappa shape index (κ1) is 9.93. The molecule has 80 valence electrons. The molecule has 0 aromatic heterocycles. The first-order valence-corrected chi connectivity index (χ1v) is 5.31. The molecule has 0 radical (unpaired) electrons. The monoisotopic (exact) mass is 199 g/mol. The zero-order chi connectivity index (χ0) is 9.97. The minimum Gasteiger partial charge on any atom is -0.465 e. The van der Waals surface area contributed by atoms with Gasteiger partial charge >= 0.3 is 5.97 Å². The summed E-state index contributed by atoms with van der Waals surface area (Å²) in [6, 6.07) is 0. The van der Waals surface area contributed by atoms with E-state index in [4.69, 9.17) is 9.47 Å². The van der Waals surface area contributed by atoms with Gasteiger partial charge in [-0.15, -0.1) is 0 Å². The summed E-state index contributed by atoms with van der Waals surface area (Å²) in [7, 11) is 0. The SMILES string of the molecule is CCOC(=O)CN1CC2CCC(C1)O2. The van der Waals surface area contributed by atoms with Crippen LogP contribution in [0.25, 0.3) is 0 Å². The van der Waals surface area contributed by atoms with Crippen molar-refractivity contribution >= 4 is 5.97 Å². The van der Waals surface area contributed by atoms with Gasteiger partial charge in [0.25, 0.3) is 0 Å². The second kappa shape index (κ2) is 4.28. The minimum atomic E-state index is -0.117. The number of carbonyl (C=O) groups excluding carboxylic acids is 1. The van der Waals surface area contributed by atoms with E-state index in [2.05, 4.69) is 4.90 Å². The zero-order valence-electron chi connectivity index (χ0n) is 8.57. The quantitative estimate of drug-likeness (QED) is 0.617. The van der Waals surface area contributed by atoms with Gasteiger partial charge < -0.3 is 9.47 Å². The lowest BCUT2D eigenvalue weighted by atomic mass is 10.2. The second-order valence-corrected chi connectivity index (χ2v) is 3.96. The van der Waals surface area contributed by atoms with E-state index in [1.54, 1.807) is 0 Å². The molecule has 0 aromatic rings. The lowest BCUT2D eigenvalue weighted by molar-refractivity contribution is -0.146. The fourth-order valence-electron chi connectivity index (χ4n) is 2.22. The van der Waals surface area contributed by atoms with Crippen LogP contribution in [-0.4, -0.2) is 49.3 Å². The highest BCUT2D eigenvalue weighted by molar-refractivity contribution is 5.71. The molecule has 2 aliphatic heterocycles. The average molecular weight is 199 g/mol. The van der Waals surface area contributed by atoms with E-state index < -0.39 is 0 Å². The lowest BCUT2D eigenvalue weighted by Crippen LogP contribution is -2.45. The topological polar surface area (TPSA) is 38.8 Å². The molecule has 0 aromatic carbocycles. The molecule has 2 fully saturated rings. The van der Waals surface area contributed by atoms with Crippen molar-refractivity contribution < 1.29 is 14.3 Å². The number of morpholine rings is 1. The second-order valence-electron chi connectivity index (χ2n) is 3.96. The first-order valence-electron chi connectivity index (χ1n) is 5.31. The van der Waals surface area contributed by atoms with Gasteiger partial charge in [-0.1, -0.05) is 0 Å². The van der Waals surface area contributed by atoms with Crippen molar-refractivity contribution in [3.8, 4) is 0 Å². The van der Waals surface area contributed by atoms with E-state index >= 15 is 0 Å². The third-order valence-corrected chi connectivity index (χ3v) is 2.78. The Bertz CT molecular complexity index is 207. The van der Waals surface area contributed by atoms with E-state index in [0.717, 1.165) is 25.9 Å². The van der Waals surface area contributed by atoms with Crippen molar-refractivity contribution in [1.29, 1.82) is 0 Å². The van der Waals surface area contributed by atoms with Crippen LogP contribution in [0.4, 0.5) is 0 Å². The number of esters is 1. The molecule has 0 saturated carbocycles. The molecule has 0 N–H and O–H groups in total. The maximum Gasteiger partial charge on any atom is 0.320 e. The maximum absolute atomic E-state index is 11.2. The fraction of sp³-hybridized carbons (Fsp3) is 0.900. The minimum absolute atomic E-state index is 0.117. The van der Waals surface area contributed by atoms with Crippen molar-refractivity contribution in [3.63, 3.8) is 0 Å². The normalized spacial score (nSPS) is 31.8. The molecule has 2 atom stereocenters. The van der Waals surface area contributed by atoms with Crippen molar-refractivity contribution in [1.82, 2.24) is 4.90 Å². The van der Waals surface area contributed by atoms with Crippen LogP contribution in [0.1, 0.15) is 19.8 Å². The van der Waals surface area contributed by atoms with Crippen molar-refractivity contribution in [2.45, 2.75) is 32.0 Å². The van der Waals surface area contributed by atoms with Crippen LogP contribution in [0.2, 0.25) is 0 Å². The largest absolute Gasteiger partial charge is 0.465 e. The van der Waals surface area contributed by atoms with Crippen LogP contribution in [0.3, 0.4) is 0 Å². The third-order valence-electron chi connectivity index (χ3n) is 2.78. The highest BCUT2D eigenvalue weighted by Crippen LogP contribution is 2.25. The van der Waals surface area contributed by atoms with Gasteiger partial charge in [-0.25, -0.2) is 0 Å². The number of hydrogen-bond donors (Lipinski definition) is 0. The van der Waals surface area contributed by atoms with E-state index in [-0.39, 0.29) is 5.97 Å². The summed E-state index contributed by atoms with van der Waals surface area (Å²) in [5.41, 5.74) is 0. The number of hydrogen-bond acceptors (Lipinski definition) is 4. The third kappa shape index (κ3) is 2.25. The van der Waals surface area contributed by atoms with Crippen molar-refractivity contribution in [2.24, 2.45) is 0 Å². The summed E-state index contributed by atoms with van der Waals surface area (Å²) in [5.74, 6) is -0.117. The highest BCUT2D eigenvalue weighted by atomic mass is 16.5. The highest BCUT2D eigenvalue weighted by Gasteiger charge is 2.34. The van der Waals surface area contributed by atoms with Gasteiger partial charge in [-0.3, -0.25) is 9.69 Å². The molecule has 2 unspecified atom stereocenters. The Morgan fingerprint density at radius 1 is 1.43 bits per heavy atom. The molecule has 0 spiro atoms. The van der Waals surface area contributed by atoms with Gasteiger partial charge in [-0.2, -0.15) is 0 Å². The molecule has 2 aliphatic rings. The number of fused-ring (bicyclic) bond motifs is 2. The van der Waals surface area contributed by atoms with Gasteiger partial charge in [0.1, 0.15) is 0 Å². The Hall–Kier alpha value is -0.610. The predicted molar refractivity (Wildman–Crippen MR) is 51.0 cm³/mol. The summed E-state index contributed by atoms with van der Waals surface area (Å²) in [6.45, 7) is 4.49. The Balaban J connectivity index is 1.79. The standard InChI is InChI=1S/C10H17NO3/c1-2-13-10(12)7-11-5-8-3-4-9(6-11)14-8/h8-9H,2-7H2,1H3. The molecular formula is C10H17NO3. The predicted octanol–water partition coefficient (Wildman–Crippen LogP) is 0.413. The van der Waals surface area contributed by atoms with Gasteiger partial charge in [0.05, 0.1) is 25.4 Å². The van der Waals surface area contributed by atoms with E-state index in [1.165, 1.54) is 0 Å². The lowest BCUT2D eigenvalue weighted by Gasteiger charge is -2.31. The van der Waals surface area contributed by atoms with Gasteiger partial charge in [0.2, 0.25) is 0 Å². The molecule has 2 saturated heterocycles. The molecule has 0 amide bonds. The van der Waals surface area contributed by atoms with E-state index in [1.807, 2.05) is 6.92 Å². The molecular weight excluding hydrogens is 182 g/mol. The molecule has 4 heteroatoms. The molecule has 2 bridgehead atoms. The number of likely N-dealkylation sites (tertiary alicyclic amines) is 1. The summed E-state index contributed by atoms with van der Waals surface area (Å²) < 4.78 is 10.6. The molecule has 0 aliphatic carbocycles. The number of carbonyl (C=O) groups is 1. The summed E-state index contributed by atoms with van der Waals surface area (Å²) in [6.07, 6.45) is 2.99. The molecule has 2 rings (SSSR count). The van der Waals surface area contributed by atoms with E-state index in [9.17, 15) is 4.79 Å². The van der Waals surface area contributed by atoms with Crippen molar-refractivity contribution in [3.05, 3.63) is 0 Å². The molecule has 14 heavy (non-hydrogen) atoms. The Labute approximate surface area is 84.2 Å². The van der Waals surface area contributed by atoms with Crippen LogP contribution >= 0.6 is 0 Å². The van der Waals surface area contributed by atoms with Gasteiger partial charge in [-0.05, 0) is 19.8 Å². The van der Waals surface area contributed by atoms with Crippen molar-refractivity contribution in [2.75, 3.05) is 26.2 Å². The average Bonchev–Trinajstić information content (AvgIpc) is 2.46. The number of nitrogens with zero attached hydrogens (tertiary/aromatic N) is 1. The van der Waals surface area contributed by atoms with E-state index in [0.29, 0.717) is 25.4 Å². The Morgan fingerprint density at radius 2 is 2.07 bits per heavy atom. The summed E-state index contributed by atoms with van der Waals surface area (Å²) >= 11 is 0. The zero-order valence-corrected chi connectivity index (χ0v) is 8.57. The van der Waals surface area contributed by atoms with Crippen LogP contribution in [-0.2, 0) is 14.3 Å². The van der Waals surface area contributed by atoms with Crippen LogP contribution in [0.5, 0.6) is 0 Å². The first-order chi connectivity index (χ1) is 6.78. The summed E-state index contributed by atoms with van der Waals surface area (Å²) in [4.78, 5) is 13.4. The van der Waals surface area contributed by atoms with Gasteiger partial charge in [0, 0.05) is 13.1 Å². The maximum atomic E-state index is 11.2. The number of rotatable bonds is 3. The van der Waals surface area contributed by atoms with Crippen LogP contribution < -0.4 is 0 Å². The fourth-order valence-corrected chi connectivity index (χ4v) is 2.22.